The van der Waals surface area contributed by atoms with Gasteiger partial charge in [0.05, 0.1) is 0 Å². The lowest BCUT2D eigenvalue weighted by atomic mass is 10.1. The number of thioether (sulfide) groups is 1. The van der Waals surface area contributed by atoms with Crippen LogP contribution in [-0.4, -0.2) is 28.6 Å². The highest BCUT2D eigenvalue weighted by Gasteiger charge is 2.17. The number of hydrogen-bond acceptors (Lipinski definition) is 3. The Hall–Kier alpha value is -1.16. The Kier molecular flexibility index (Phi) is 3.94. The first kappa shape index (κ1) is 12.3. The molecule has 0 saturated carbocycles. The number of aromatic hydroxyl groups is 1. The molecular weight excluding hydrogens is 234 g/mol. The normalized spacial score (nSPS) is 19.2. The van der Waals surface area contributed by atoms with Gasteiger partial charge in [0.1, 0.15) is 5.75 Å². The fourth-order valence-corrected chi connectivity index (χ4v) is 3.21. The molecule has 3 nitrogen and oxygen atoms in total. The fraction of sp³-hybridized carbons (Fsp3) is 0.462. The number of phenolic OH excluding ortho intramolecular Hbond substituents is 1. The Labute approximate surface area is 106 Å². The van der Waals surface area contributed by atoms with E-state index < -0.39 is 0 Å². The van der Waals surface area contributed by atoms with Crippen LogP contribution in [0.15, 0.2) is 18.2 Å². The summed E-state index contributed by atoms with van der Waals surface area (Å²) in [6, 6.07) is 4.83. The highest BCUT2D eigenvalue weighted by atomic mass is 32.2. The summed E-state index contributed by atoms with van der Waals surface area (Å²) in [6.45, 7) is 2.57. The summed E-state index contributed by atoms with van der Waals surface area (Å²) in [7, 11) is 0. The van der Waals surface area contributed by atoms with E-state index in [1.807, 2.05) is 18.7 Å². The third-order valence-corrected chi connectivity index (χ3v) is 4.37. The van der Waals surface area contributed by atoms with Crippen molar-refractivity contribution in [3.63, 3.8) is 0 Å². The topological polar surface area (TPSA) is 49.3 Å². The van der Waals surface area contributed by atoms with Gasteiger partial charge in [0, 0.05) is 17.4 Å². The number of rotatable bonds is 3. The van der Waals surface area contributed by atoms with Crippen LogP contribution in [0.25, 0.3) is 0 Å². The first-order valence-corrected chi connectivity index (χ1v) is 6.91. The van der Waals surface area contributed by atoms with Gasteiger partial charge in [0.2, 0.25) is 0 Å². The number of benzene rings is 1. The highest BCUT2D eigenvalue weighted by Crippen LogP contribution is 2.25. The van der Waals surface area contributed by atoms with Crippen LogP contribution in [0.4, 0.5) is 0 Å². The van der Waals surface area contributed by atoms with Crippen LogP contribution in [0.2, 0.25) is 0 Å². The van der Waals surface area contributed by atoms with Crippen molar-refractivity contribution in [1.29, 1.82) is 0 Å². The maximum Gasteiger partial charge on any atom is 0.251 e. The predicted molar refractivity (Wildman–Crippen MR) is 70.7 cm³/mol. The van der Waals surface area contributed by atoms with E-state index in [9.17, 15) is 9.90 Å². The van der Waals surface area contributed by atoms with Crippen molar-refractivity contribution in [3.8, 4) is 5.75 Å². The molecule has 0 aromatic heterocycles. The molecule has 17 heavy (non-hydrogen) atoms. The minimum atomic E-state index is -0.0463. The Balaban J connectivity index is 1.94. The molecule has 1 aromatic carbocycles. The molecule has 1 fully saturated rings. The van der Waals surface area contributed by atoms with Crippen molar-refractivity contribution in [2.24, 2.45) is 0 Å². The average molecular weight is 251 g/mol. The van der Waals surface area contributed by atoms with Gasteiger partial charge in [-0.25, -0.2) is 0 Å². The van der Waals surface area contributed by atoms with E-state index in [2.05, 4.69) is 5.32 Å². The molecule has 1 heterocycles. The monoisotopic (exact) mass is 251 g/mol. The molecule has 2 rings (SSSR count). The van der Waals surface area contributed by atoms with Crippen molar-refractivity contribution in [2.75, 3.05) is 12.3 Å². The number of carbonyl (C=O) groups excluding carboxylic acids is 1. The SMILES string of the molecule is Cc1cc(O)ccc1C(=O)NCC1CCCS1. The molecule has 1 saturated heterocycles. The number of hydrogen-bond donors (Lipinski definition) is 2. The van der Waals surface area contributed by atoms with E-state index in [1.54, 1.807) is 18.2 Å². The molecule has 0 aliphatic carbocycles. The Morgan fingerprint density at radius 2 is 2.41 bits per heavy atom. The van der Waals surface area contributed by atoms with E-state index in [0.717, 1.165) is 12.1 Å². The minimum absolute atomic E-state index is 0.0463. The molecule has 1 atom stereocenters. The molecule has 1 unspecified atom stereocenters. The van der Waals surface area contributed by atoms with E-state index in [1.165, 1.54) is 18.6 Å². The number of aryl methyl sites for hydroxylation is 1. The summed E-state index contributed by atoms with van der Waals surface area (Å²) in [4.78, 5) is 11.9. The number of nitrogens with one attached hydrogen (secondary N) is 1. The molecule has 1 aromatic rings. The second-order valence-corrected chi connectivity index (χ2v) is 5.75. The van der Waals surface area contributed by atoms with E-state index in [0.29, 0.717) is 10.8 Å². The first-order chi connectivity index (χ1) is 8.16. The van der Waals surface area contributed by atoms with E-state index in [4.69, 9.17) is 0 Å². The highest BCUT2D eigenvalue weighted by molar-refractivity contribution is 8.00. The third kappa shape index (κ3) is 3.16. The van der Waals surface area contributed by atoms with Crippen molar-refractivity contribution in [1.82, 2.24) is 5.32 Å². The van der Waals surface area contributed by atoms with Gasteiger partial charge >= 0.3 is 0 Å². The molecule has 1 aliphatic heterocycles. The van der Waals surface area contributed by atoms with Gasteiger partial charge in [0.25, 0.3) is 5.91 Å². The predicted octanol–water partition coefficient (Wildman–Crippen LogP) is 2.33. The molecule has 1 amide bonds. The molecular formula is C13H17NO2S. The van der Waals surface area contributed by atoms with Gasteiger partial charge < -0.3 is 10.4 Å². The standard InChI is InChI=1S/C13H17NO2S/c1-9-7-10(15)4-5-12(9)13(16)14-8-11-3-2-6-17-11/h4-5,7,11,15H,2-3,6,8H2,1H3,(H,14,16). The smallest absolute Gasteiger partial charge is 0.251 e. The number of carbonyl (C=O) groups is 1. The molecule has 92 valence electrons. The summed E-state index contributed by atoms with van der Waals surface area (Å²) in [6.07, 6.45) is 2.45. The van der Waals surface area contributed by atoms with Crippen molar-refractivity contribution in [2.45, 2.75) is 25.0 Å². The second-order valence-electron chi connectivity index (χ2n) is 4.34. The van der Waals surface area contributed by atoms with Crippen molar-refractivity contribution < 1.29 is 9.90 Å². The molecule has 0 radical (unpaired) electrons. The lowest BCUT2D eigenvalue weighted by Crippen LogP contribution is -2.30. The lowest BCUT2D eigenvalue weighted by Gasteiger charge is -2.11. The quantitative estimate of drug-likeness (QED) is 0.867. The van der Waals surface area contributed by atoms with Crippen LogP contribution in [-0.2, 0) is 0 Å². The van der Waals surface area contributed by atoms with Gasteiger partial charge in [-0.1, -0.05) is 0 Å². The zero-order valence-electron chi connectivity index (χ0n) is 9.90. The Morgan fingerprint density at radius 3 is 3.06 bits per heavy atom. The molecule has 2 N–H and O–H groups in total. The van der Waals surface area contributed by atoms with Gasteiger partial charge in [-0.15, -0.1) is 0 Å². The van der Waals surface area contributed by atoms with Gasteiger partial charge in [-0.05, 0) is 49.3 Å². The molecule has 0 bridgehead atoms. The van der Waals surface area contributed by atoms with E-state index in [-0.39, 0.29) is 11.7 Å². The number of amides is 1. The van der Waals surface area contributed by atoms with Gasteiger partial charge in [-0.2, -0.15) is 11.8 Å². The second kappa shape index (κ2) is 5.45. The Bertz CT molecular complexity index is 414. The lowest BCUT2D eigenvalue weighted by molar-refractivity contribution is 0.0953. The average Bonchev–Trinajstić information content (AvgIpc) is 2.78. The zero-order chi connectivity index (χ0) is 12.3. The van der Waals surface area contributed by atoms with Crippen LogP contribution in [0, 0.1) is 6.92 Å². The fourth-order valence-electron chi connectivity index (χ4n) is 2.01. The Morgan fingerprint density at radius 1 is 1.59 bits per heavy atom. The zero-order valence-corrected chi connectivity index (χ0v) is 10.7. The van der Waals surface area contributed by atoms with Crippen LogP contribution in [0.3, 0.4) is 0 Å². The third-order valence-electron chi connectivity index (χ3n) is 2.97. The van der Waals surface area contributed by atoms with Gasteiger partial charge in [0.15, 0.2) is 0 Å². The van der Waals surface area contributed by atoms with Crippen molar-refractivity contribution in [3.05, 3.63) is 29.3 Å². The van der Waals surface area contributed by atoms with E-state index >= 15 is 0 Å². The summed E-state index contributed by atoms with van der Waals surface area (Å²) in [5, 5.41) is 12.8. The summed E-state index contributed by atoms with van der Waals surface area (Å²) in [5.74, 6) is 1.36. The summed E-state index contributed by atoms with van der Waals surface area (Å²) in [5.41, 5.74) is 1.45. The molecule has 0 spiro atoms. The van der Waals surface area contributed by atoms with Crippen LogP contribution < -0.4 is 5.32 Å². The summed E-state index contributed by atoms with van der Waals surface area (Å²) < 4.78 is 0. The van der Waals surface area contributed by atoms with Crippen LogP contribution in [0.5, 0.6) is 5.75 Å². The summed E-state index contributed by atoms with van der Waals surface area (Å²) >= 11 is 1.93. The maximum atomic E-state index is 11.9. The van der Waals surface area contributed by atoms with Crippen LogP contribution >= 0.6 is 11.8 Å². The molecule has 4 heteroatoms. The number of phenols is 1. The molecule has 1 aliphatic rings. The largest absolute Gasteiger partial charge is 0.508 e. The first-order valence-electron chi connectivity index (χ1n) is 5.86. The minimum Gasteiger partial charge on any atom is -0.508 e. The maximum absolute atomic E-state index is 11.9. The van der Waals surface area contributed by atoms with Crippen LogP contribution in [0.1, 0.15) is 28.8 Å². The van der Waals surface area contributed by atoms with Gasteiger partial charge in [-0.3, -0.25) is 4.79 Å². The van der Waals surface area contributed by atoms with Crippen molar-refractivity contribution >= 4 is 17.7 Å².